The van der Waals surface area contributed by atoms with Gasteiger partial charge >= 0.3 is 11.9 Å². The van der Waals surface area contributed by atoms with Crippen LogP contribution in [0.25, 0.3) is 0 Å². The molecule has 0 atom stereocenters. The molecular weight excluding hydrogens is 418 g/mol. The Bertz CT molecular complexity index is 1110. The highest BCUT2D eigenvalue weighted by atomic mass is 35.5. The first-order valence-corrected chi connectivity index (χ1v) is 9.81. The molecule has 0 fully saturated rings. The summed E-state index contributed by atoms with van der Waals surface area (Å²) in [5.41, 5.74) is 2.81. The highest BCUT2D eigenvalue weighted by molar-refractivity contribution is 6.30. The molecule has 0 aliphatic rings. The van der Waals surface area contributed by atoms with Gasteiger partial charge in [-0.1, -0.05) is 29.8 Å². The van der Waals surface area contributed by atoms with Gasteiger partial charge in [-0.15, -0.1) is 0 Å². The second kappa shape index (κ2) is 9.91. The second-order valence-electron chi connectivity index (χ2n) is 6.83. The van der Waals surface area contributed by atoms with E-state index in [0.717, 1.165) is 5.56 Å². The lowest BCUT2D eigenvalue weighted by atomic mass is 10.1. The van der Waals surface area contributed by atoms with Crippen molar-refractivity contribution in [3.63, 3.8) is 0 Å². The predicted octanol–water partition coefficient (Wildman–Crippen LogP) is 5.18. The minimum absolute atomic E-state index is 0.0364. The van der Waals surface area contributed by atoms with Crippen LogP contribution in [0, 0.1) is 6.92 Å². The van der Waals surface area contributed by atoms with E-state index in [9.17, 15) is 14.4 Å². The summed E-state index contributed by atoms with van der Waals surface area (Å²) in [5, 5.41) is 3.23. The molecule has 0 unspecified atom stereocenters. The van der Waals surface area contributed by atoms with E-state index < -0.39 is 11.9 Å². The molecule has 0 bridgehead atoms. The number of carbonyl (C=O) groups excluding carboxylic acids is 3. The van der Waals surface area contributed by atoms with Crippen molar-refractivity contribution in [3.05, 3.63) is 94.0 Å². The number of amides is 1. The molecular formula is C24H20ClNO5. The standard InChI is InChI=1S/C24H20ClNO5/c1-15-3-6-19(13-22(15)26-16(2)27)23(28)30-14-17-4-7-18(8-5-17)24(29)31-21-11-9-20(25)10-12-21/h3-13H,14H2,1-2H3,(H,26,27). The van der Waals surface area contributed by atoms with Crippen LogP contribution in [0.1, 0.15) is 38.8 Å². The lowest BCUT2D eigenvalue weighted by Gasteiger charge is -2.10. The number of hydrogen-bond donors (Lipinski definition) is 1. The van der Waals surface area contributed by atoms with Gasteiger partial charge in [0.2, 0.25) is 5.91 Å². The first kappa shape index (κ1) is 22.1. The van der Waals surface area contributed by atoms with Crippen LogP contribution < -0.4 is 10.1 Å². The Morgan fingerprint density at radius 2 is 1.52 bits per heavy atom. The SMILES string of the molecule is CC(=O)Nc1cc(C(=O)OCc2ccc(C(=O)Oc3ccc(Cl)cc3)cc2)ccc1C. The summed E-state index contributed by atoms with van der Waals surface area (Å²) in [4.78, 5) is 35.9. The maximum Gasteiger partial charge on any atom is 0.343 e. The molecule has 158 valence electrons. The number of anilines is 1. The minimum atomic E-state index is -0.516. The summed E-state index contributed by atoms with van der Waals surface area (Å²) in [7, 11) is 0. The summed E-state index contributed by atoms with van der Waals surface area (Å²) < 4.78 is 10.6. The molecule has 3 aromatic rings. The maximum absolute atomic E-state index is 12.4. The Kier molecular flexibility index (Phi) is 7.05. The van der Waals surface area contributed by atoms with Gasteiger partial charge in [0.15, 0.2) is 0 Å². The number of aryl methyl sites for hydroxylation is 1. The Balaban J connectivity index is 1.58. The molecule has 6 nitrogen and oxygen atoms in total. The third-order valence-electron chi connectivity index (χ3n) is 4.37. The first-order valence-electron chi connectivity index (χ1n) is 9.44. The van der Waals surface area contributed by atoms with Gasteiger partial charge in [0.1, 0.15) is 12.4 Å². The van der Waals surface area contributed by atoms with E-state index in [1.54, 1.807) is 66.7 Å². The third-order valence-corrected chi connectivity index (χ3v) is 4.62. The molecule has 0 aliphatic heterocycles. The molecule has 0 saturated heterocycles. The number of ether oxygens (including phenoxy) is 2. The molecule has 0 spiro atoms. The number of carbonyl (C=O) groups is 3. The van der Waals surface area contributed by atoms with Gasteiger partial charge < -0.3 is 14.8 Å². The number of esters is 2. The van der Waals surface area contributed by atoms with Crippen molar-refractivity contribution in [2.24, 2.45) is 0 Å². The summed E-state index contributed by atoms with van der Waals surface area (Å²) >= 11 is 5.82. The summed E-state index contributed by atoms with van der Waals surface area (Å²) in [6.45, 7) is 3.27. The summed E-state index contributed by atoms with van der Waals surface area (Å²) in [5.74, 6) is -0.846. The van der Waals surface area contributed by atoms with Crippen LogP contribution in [0.15, 0.2) is 66.7 Å². The molecule has 0 heterocycles. The normalized spacial score (nSPS) is 10.3. The van der Waals surface area contributed by atoms with Gasteiger partial charge in [0.05, 0.1) is 11.1 Å². The molecule has 0 saturated carbocycles. The van der Waals surface area contributed by atoms with E-state index in [2.05, 4.69) is 5.32 Å². The van der Waals surface area contributed by atoms with Crippen molar-refractivity contribution in [2.75, 3.05) is 5.32 Å². The average molecular weight is 438 g/mol. The topological polar surface area (TPSA) is 81.7 Å². The van der Waals surface area contributed by atoms with E-state index in [0.29, 0.717) is 33.1 Å². The van der Waals surface area contributed by atoms with Crippen LogP contribution in [-0.4, -0.2) is 17.8 Å². The Hall–Kier alpha value is -3.64. The Labute approximate surface area is 184 Å². The molecule has 0 aromatic heterocycles. The van der Waals surface area contributed by atoms with Crippen molar-refractivity contribution in [2.45, 2.75) is 20.5 Å². The van der Waals surface area contributed by atoms with Crippen LogP contribution in [0.5, 0.6) is 5.75 Å². The second-order valence-corrected chi connectivity index (χ2v) is 7.26. The lowest BCUT2D eigenvalue weighted by Crippen LogP contribution is -2.10. The Morgan fingerprint density at radius 1 is 0.871 bits per heavy atom. The molecule has 31 heavy (non-hydrogen) atoms. The highest BCUT2D eigenvalue weighted by Crippen LogP contribution is 2.19. The van der Waals surface area contributed by atoms with E-state index in [-0.39, 0.29) is 12.5 Å². The van der Waals surface area contributed by atoms with E-state index in [1.807, 2.05) is 6.92 Å². The van der Waals surface area contributed by atoms with Gasteiger partial charge in [-0.25, -0.2) is 9.59 Å². The van der Waals surface area contributed by atoms with Gasteiger partial charge in [-0.05, 0) is 66.6 Å². The monoisotopic (exact) mass is 437 g/mol. The molecule has 3 rings (SSSR count). The number of hydrogen-bond acceptors (Lipinski definition) is 5. The lowest BCUT2D eigenvalue weighted by molar-refractivity contribution is -0.114. The zero-order valence-electron chi connectivity index (χ0n) is 17.0. The average Bonchev–Trinajstić information content (AvgIpc) is 2.75. The largest absolute Gasteiger partial charge is 0.457 e. The van der Waals surface area contributed by atoms with Crippen LogP contribution in [0.2, 0.25) is 5.02 Å². The third kappa shape index (κ3) is 6.17. The van der Waals surface area contributed by atoms with Crippen LogP contribution in [-0.2, 0) is 16.1 Å². The fourth-order valence-corrected chi connectivity index (χ4v) is 2.84. The van der Waals surface area contributed by atoms with Gasteiger partial charge in [0, 0.05) is 17.6 Å². The van der Waals surface area contributed by atoms with Crippen molar-refractivity contribution >= 4 is 35.1 Å². The van der Waals surface area contributed by atoms with Crippen LogP contribution >= 0.6 is 11.6 Å². The molecule has 0 aliphatic carbocycles. The molecule has 1 amide bonds. The number of nitrogens with one attached hydrogen (secondary N) is 1. The van der Waals surface area contributed by atoms with Crippen molar-refractivity contribution in [3.8, 4) is 5.75 Å². The quantitative estimate of drug-likeness (QED) is 0.424. The molecule has 1 N–H and O–H groups in total. The molecule has 3 aromatic carbocycles. The van der Waals surface area contributed by atoms with Gasteiger partial charge in [0.25, 0.3) is 0 Å². The summed E-state index contributed by atoms with van der Waals surface area (Å²) in [6.07, 6.45) is 0. The first-order chi connectivity index (χ1) is 14.8. The van der Waals surface area contributed by atoms with Gasteiger partial charge in [-0.3, -0.25) is 4.79 Å². The van der Waals surface area contributed by atoms with E-state index >= 15 is 0 Å². The highest BCUT2D eigenvalue weighted by Gasteiger charge is 2.12. The van der Waals surface area contributed by atoms with Crippen molar-refractivity contribution in [1.82, 2.24) is 0 Å². The number of benzene rings is 3. The smallest absolute Gasteiger partial charge is 0.343 e. The molecule has 0 radical (unpaired) electrons. The maximum atomic E-state index is 12.4. The fourth-order valence-electron chi connectivity index (χ4n) is 2.71. The zero-order valence-corrected chi connectivity index (χ0v) is 17.7. The fraction of sp³-hybridized carbons (Fsp3) is 0.125. The zero-order chi connectivity index (χ0) is 22.4. The van der Waals surface area contributed by atoms with Gasteiger partial charge in [-0.2, -0.15) is 0 Å². The minimum Gasteiger partial charge on any atom is -0.457 e. The number of rotatable bonds is 6. The van der Waals surface area contributed by atoms with E-state index in [1.165, 1.54) is 6.92 Å². The van der Waals surface area contributed by atoms with Crippen LogP contribution in [0.4, 0.5) is 5.69 Å². The van der Waals surface area contributed by atoms with E-state index in [4.69, 9.17) is 21.1 Å². The number of halogens is 1. The van der Waals surface area contributed by atoms with Crippen molar-refractivity contribution < 1.29 is 23.9 Å². The van der Waals surface area contributed by atoms with Crippen LogP contribution in [0.3, 0.4) is 0 Å². The molecule has 7 heteroatoms. The summed E-state index contributed by atoms with van der Waals surface area (Å²) in [6, 6.07) is 18.0. The Morgan fingerprint density at radius 3 is 2.16 bits per heavy atom. The predicted molar refractivity (Wildman–Crippen MR) is 117 cm³/mol. The van der Waals surface area contributed by atoms with Crippen molar-refractivity contribution in [1.29, 1.82) is 0 Å².